The average molecular weight is 305 g/mol. The van der Waals surface area contributed by atoms with Crippen LogP contribution in [0, 0.1) is 0 Å². The van der Waals surface area contributed by atoms with Gasteiger partial charge < -0.3 is 4.74 Å². The molecule has 0 radical (unpaired) electrons. The predicted octanol–water partition coefficient (Wildman–Crippen LogP) is 3.68. The van der Waals surface area contributed by atoms with Crippen molar-refractivity contribution >= 4 is 17.2 Å². The van der Waals surface area contributed by atoms with Crippen LogP contribution < -0.4 is 4.74 Å². The molecule has 2 heterocycles. The van der Waals surface area contributed by atoms with E-state index in [2.05, 4.69) is 36.0 Å². The normalized spacial score (nSPS) is 12.0. The van der Waals surface area contributed by atoms with Gasteiger partial charge in [-0.15, -0.1) is 5.10 Å². The van der Waals surface area contributed by atoms with Gasteiger partial charge in [-0.25, -0.2) is 4.98 Å². The Balaban J connectivity index is 2.05. The van der Waals surface area contributed by atoms with Gasteiger partial charge in [0.25, 0.3) is 0 Å². The highest BCUT2D eigenvalue weighted by Gasteiger charge is 2.24. The molecule has 6 heteroatoms. The number of methoxy groups -OCH3 is 1. The largest absolute Gasteiger partial charge is 0.497 e. The van der Waals surface area contributed by atoms with E-state index in [1.807, 2.05) is 24.3 Å². The molecule has 1 aromatic carbocycles. The summed E-state index contributed by atoms with van der Waals surface area (Å²) in [5.41, 5.74) is 2.41. The number of rotatable bonds is 2. The van der Waals surface area contributed by atoms with Crippen molar-refractivity contribution in [2.24, 2.45) is 0 Å². The highest BCUT2D eigenvalue weighted by molar-refractivity contribution is 6.34. The fourth-order valence-corrected chi connectivity index (χ4v) is 2.61. The van der Waals surface area contributed by atoms with Crippen molar-refractivity contribution in [1.29, 1.82) is 0 Å². The van der Waals surface area contributed by atoms with Crippen LogP contribution in [0.3, 0.4) is 0 Å². The minimum Gasteiger partial charge on any atom is -0.497 e. The number of nitrogens with one attached hydrogen (secondary N) is 1. The highest BCUT2D eigenvalue weighted by atomic mass is 35.5. The Morgan fingerprint density at radius 2 is 1.86 bits per heavy atom. The van der Waals surface area contributed by atoms with Gasteiger partial charge in [0.1, 0.15) is 10.8 Å². The Kier molecular flexibility index (Phi) is 3.17. The minimum atomic E-state index is -0.0836. The second kappa shape index (κ2) is 4.77. The number of aromatic amines is 1. The number of nitrogens with zero attached hydrogens (tertiary/aromatic N) is 3. The summed E-state index contributed by atoms with van der Waals surface area (Å²) in [6.45, 7) is 6.28. The zero-order valence-corrected chi connectivity index (χ0v) is 13.2. The molecule has 0 saturated heterocycles. The summed E-state index contributed by atoms with van der Waals surface area (Å²) in [5.74, 6) is 1.43. The van der Waals surface area contributed by atoms with Crippen molar-refractivity contribution < 1.29 is 4.74 Å². The molecule has 0 aliphatic rings. The fraction of sp³-hybridized carbons (Fsp3) is 0.333. The number of H-pyrrole nitrogens is 1. The third kappa shape index (κ3) is 2.38. The number of ether oxygens (including phenoxy) is 1. The molecule has 0 atom stereocenters. The van der Waals surface area contributed by atoms with Crippen LogP contribution in [0.1, 0.15) is 26.5 Å². The Morgan fingerprint density at radius 1 is 1.19 bits per heavy atom. The van der Waals surface area contributed by atoms with Crippen LogP contribution in [-0.2, 0) is 5.41 Å². The maximum atomic E-state index is 6.42. The van der Waals surface area contributed by atoms with Crippen LogP contribution in [0.25, 0.3) is 17.0 Å². The predicted molar refractivity (Wildman–Crippen MR) is 83.0 cm³/mol. The molecular formula is C15H17ClN4O. The first-order chi connectivity index (χ1) is 9.90. The van der Waals surface area contributed by atoms with E-state index in [9.17, 15) is 0 Å². The number of fused-ring (bicyclic) bond motifs is 1. The monoisotopic (exact) mass is 304 g/mol. The van der Waals surface area contributed by atoms with E-state index in [0.29, 0.717) is 16.5 Å². The number of halogens is 1. The second-order valence-electron chi connectivity index (χ2n) is 5.95. The van der Waals surface area contributed by atoms with Crippen LogP contribution in [0.4, 0.5) is 0 Å². The topological polar surface area (TPSA) is 55.2 Å². The van der Waals surface area contributed by atoms with Gasteiger partial charge in [-0.2, -0.15) is 4.63 Å². The van der Waals surface area contributed by atoms with E-state index in [1.54, 1.807) is 11.7 Å². The van der Waals surface area contributed by atoms with Crippen molar-refractivity contribution in [1.82, 2.24) is 19.8 Å². The summed E-state index contributed by atoms with van der Waals surface area (Å²) in [5, 5.41) is 8.28. The lowest BCUT2D eigenvalue weighted by molar-refractivity contribution is 0.415. The lowest BCUT2D eigenvalue weighted by Gasteiger charge is -2.16. The van der Waals surface area contributed by atoms with Crippen molar-refractivity contribution in [3.63, 3.8) is 0 Å². The molecule has 21 heavy (non-hydrogen) atoms. The van der Waals surface area contributed by atoms with Gasteiger partial charge in [0.15, 0.2) is 11.5 Å². The SMILES string of the molecule is COc1ccc(-c2nc3c(Cl)c(C(C)(C)C)[nH]n3n2)cc1. The van der Waals surface area contributed by atoms with E-state index in [4.69, 9.17) is 16.3 Å². The first-order valence-corrected chi connectivity index (χ1v) is 7.07. The molecule has 2 aromatic heterocycles. The van der Waals surface area contributed by atoms with Gasteiger partial charge in [-0.05, 0) is 24.3 Å². The molecule has 0 saturated carbocycles. The lowest BCUT2D eigenvalue weighted by Crippen LogP contribution is -2.12. The number of hydrogen-bond acceptors (Lipinski definition) is 3. The van der Waals surface area contributed by atoms with E-state index >= 15 is 0 Å². The number of aromatic nitrogens is 4. The van der Waals surface area contributed by atoms with Gasteiger partial charge in [0.05, 0.1) is 12.8 Å². The summed E-state index contributed by atoms with van der Waals surface area (Å²) < 4.78 is 6.78. The van der Waals surface area contributed by atoms with Crippen LogP contribution in [0.2, 0.25) is 5.02 Å². The number of benzene rings is 1. The van der Waals surface area contributed by atoms with Crippen LogP contribution in [0.5, 0.6) is 5.75 Å². The molecule has 3 rings (SSSR count). The second-order valence-corrected chi connectivity index (χ2v) is 6.33. The maximum absolute atomic E-state index is 6.42. The van der Waals surface area contributed by atoms with Gasteiger partial charge in [-0.1, -0.05) is 32.4 Å². The molecular weight excluding hydrogens is 288 g/mol. The third-order valence-corrected chi connectivity index (χ3v) is 3.70. The summed E-state index contributed by atoms with van der Waals surface area (Å²) in [6.07, 6.45) is 0. The molecule has 3 aromatic rings. The minimum absolute atomic E-state index is 0.0836. The van der Waals surface area contributed by atoms with Crippen molar-refractivity contribution in [2.75, 3.05) is 7.11 Å². The van der Waals surface area contributed by atoms with E-state index in [-0.39, 0.29) is 5.41 Å². The summed E-state index contributed by atoms with van der Waals surface area (Å²) in [4.78, 5) is 4.52. The average Bonchev–Trinajstić information content (AvgIpc) is 2.98. The third-order valence-electron chi connectivity index (χ3n) is 3.34. The lowest BCUT2D eigenvalue weighted by atomic mass is 9.92. The van der Waals surface area contributed by atoms with Crippen LogP contribution in [-0.4, -0.2) is 26.9 Å². The molecule has 0 aliphatic carbocycles. The van der Waals surface area contributed by atoms with Crippen LogP contribution >= 0.6 is 11.6 Å². The standard InChI is InChI=1S/C15H17ClN4O/c1-15(2,3)12-11(16)14-17-13(19-20(14)18-12)9-5-7-10(21-4)8-6-9/h5-8,18H,1-4H3. The molecule has 0 aliphatic heterocycles. The molecule has 0 fully saturated rings. The van der Waals surface area contributed by atoms with Crippen molar-refractivity contribution in [3.8, 4) is 17.1 Å². The Morgan fingerprint density at radius 3 is 2.38 bits per heavy atom. The molecule has 110 valence electrons. The Hall–Kier alpha value is -2.01. The summed E-state index contributed by atoms with van der Waals surface area (Å²) >= 11 is 6.42. The molecule has 5 nitrogen and oxygen atoms in total. The Bertz CT molecular complexity index is 780. The quantitative estimate of drug-likeness (QED) is 0.785. The first-order valence-electron chi connectivity index (χ1n) is 6.69. The zero-order valence-electron chi connectivity index (χ0n) is 12.4. The van der Waals surface area contributed by atoms with Gasteiger partial charge in [0.2, 0.25) is 0 Å². The molecule has 0 bridgehead atoms. The van der Waals surface area contributed by atoms with Crippen molar-refractivity contribution in [2.45, 2.75) is 26.2 Å². The molecule has 0 spiro atoms. The number of hydrogen-bond donors (Lipinski definition) is 1. The van der Waals surface area contributed by atoms with Gasteiger partial charge >= 0.3 is 0 Å². The van der Waals surface area contributed by atoms with Crippen molar-refractivity contribution in [3.05, 3.63) is 35.0 Å². The first kappa shape index (κ1) is 13.9. The van der Waals surface area contributed by atoms with Gasteiger partial charge in [-0.3, -0.25) is 5.10 Å². The van der Waals surface area contributed by atoms with Gasteiger partial charge in [0, 0.05) is 11.0 Å². The maximum Gasteiger partial charge on any atom is 0.194 e. The van der Waals surface area contributed by atoms with E-state index in [0.717, 1.165) is 17.0 Å². The molecule has 0 amide bonds. The Labute approximate surface area is 127 Å². The zero-order chi connectivity index (χ0) is 15.2. The van der Waals surface area contributed by atoms with E-state index in [1.165, 1.54) is 0 Å². The summed E-state index contributed by atoms with van der Waals surface area (Å²) in [6, 6.07) is 7.61. The highest BCUT2D eigenvalue weighted by Crippen LogP contribution is 2.31. The smallest absolute Gasteiger partial charge is 0.194 e. The summed E-state index contributed by atoms with van der Waals surface area (Å²) in [7, 11) is 1.64. The molecule has 1 N–H and O–H groups in total. The van der Waals surface area contributed by atoms with E-state index < -0.39 is 0 Å². The molecule has 0 unspecified atom stereocenters. The fourth-order valence-electron chi connectivity index (χ4n) is 2.16. The van der Waals surface area contributed by atoms with Crippen LogP contribution in [0.15, 0.2) is 24.3 Å².